The molecule has 0 radical (unpaired) electrons. The van der Waals surface area contributed by atoms with Crippen LogP contribution in [0.2, 0.25) is 0 Å². The Morgan fingerprint density at radius 1 is 1.19 bits per heavy atom. The second-order valence-electron chi connectivity index (χ2n) is 6.47. The number of aromatic amines is 1. The number of benzene rings is 1. The second kappa shape index (κ2) is 6.92. The Kier molecular flexibility index (Phi) is 4.44. The number of rotatable bonds is 4. The fourth-order valence-electron chi connectivity index (χ4n) is 3.50. The van der Waals surface area contributed by atoms with Gasteiger partial charge in [-0.15, -0.1) is 5.10 Å². The highest BCUT2D eigenvalue weighted by molar-refractivity contribution is 7.59. The van der Waals surface area contributed by atoms with Crippen molar-refractivity contribution in [2.75, 3.05) is 10.6 Å². The molecule has 0 amide bonds. The van der Waals surface area contributed by atoms with E-state index in [1.165, 1.54) is 11.1 Å². The first-order chi connectivity index (χ1) is 12.8. The van der Waals surface area contributed by atoms with Gasteiger partial charge in [0.05, 0.1) is 17.6 Å². The van der Waals surface area contributed by atoms with Gasteiger partial charge in [0, 0.05) is 13.2 Å². The number of hydrogen-bond donors (Lipinski definition) is 3. The molecule has 3 N–H and O–H groups in total. The van der Waals surface area contributed by atoms with E-state index < -0.39 is 0 Å². The number of fused-ring (bicyclic) bond motifs is 2. The maximum Gasteiger partial charge on any atom is 0.232 e. The third-order valence-electron chi connectivity index (χ3n) is 4.70. The molecule has 1 aromatic carbocycles. The van der Waals surface area contributed by atoms with Crippen molar-refractivity contribution >= 4 is 42.1 Å². The fourth-order valence-corrected chi connectivity index (χ4v) is 3.50. The van der Waals surface area contributed by atoms with Gasteiger partial charge >= 0.3 is 0 Å². The molecule has 0 aliphatic heterocycles. The molecule has 27 heavy (non-hydrogen) atoms. The lowest BCUT2D eigenvalue weighted by atomic mass is 10.1. The van der Waals surface area contributed by atoms with Crippen LogP contribution in [-0.4, -0.2) is 29.9 Å². The fraction of sp³-hybridized carbons (Fsp3) is 0.222. The molecule has 1 aliphatic rings. The standard InChI is InChI=1S/C18H18N8.H2S/c1-26-10-15(24-25-26)21-18-22-16-13(8-9-19-16)17(23-18)20-14-7-6-11-4-2-3-5-12(11)14;/h2-5,8-10,14H,6-7H2,1H3,(H3,19,20,21,22,23);1H2/t14-;/m0./s1. The number of H-pyrrole nitrogens is 1. The van der Waals surface area contributed by atoms with Crippen molar-refractivity contribution in [3.63, 3.8) is 0 Å². The number of anilines is 3. The van der Waals surface area contributed by atoms with Crippen LogP contribution < -0.4 is 10.6 Å². The van der Waals surface area contributed by atoms with Crippen LogP contribution in [0.3, 0.4) is 0 Å². The molecule has 1 atom stereocenters. The van der Waals surface area contributed by atoms with Crippen molar-refractivity contribution in [1.82, 2.24) is 29.9 Å². The first-order valence-corrected chi connectivity index (χ1v) is 8.59. The number of hydrogen-bond acceptors (Lipinski definition) is 6. The number of aromatic nitrogens is 6. The normalized spacial score (nSPS) is 15.4. The largest absolute Gasteiger partial charge is 0.363 e. The van der Waals surface area contributed by atoms with E-state index in [1.54, 1.807) is 10.9 Å². The average molecular weight is 380 g/mol. The SMILES string of the molecule is Cn1cc(Nc2nc(N[C@H]3CCc4ccccc43)c3cc[nH]c3n2)nn1.S. The van der Waals surface area contributed by atoms with Crippen LogP contribution in [0, 0.1) is 0 Å². The van der Waals surface area contributed by atoms with E-state index >= 15 is 0 Å². The van der Waals surface area contributed by atoms with E-state index in [0.717, 1.165) is 29.7 Å². The summed E-state index contributed by atoms with van der Waals surface area (Å²) in [5, 5.41) is 15.6. The Morgan fingerprint density at radius 2 is 2.07 bits per heavy atom. The molecule has 0 bridgehead atoms. The molecule has 0 saturated carbocycles. The quantitative estimate of drug-likeness (QED) is 0.504. The van der Waals surface area contributed by atoms with Gasteiger partial charge in [0.1, 0.15) is 11.5 Å². The Morgan fingerprint density at radius 3 is 2.93 bits per heavy atom. The Bertz CT molecular complexity index is 1090. The zero-order valence-electron chi connectivity index (χ0n) is 14.8. The minimum Gasteiger partial charge on any atom is -0.363 e. The maximum absolute atomic E-state index is 4.68. The van der Waals surface area contributed by atoms with E-state index in [0.29, 0.717) is 11.8 Å². The summed E-state index contributed by atoms with van der Waals surface area (Å²) in [6.07, 6.45) is 5.80. The summed E-state index contributed by atoms with van der Waals surface area (Å²) in [6.45, 7) is 0. The number of nitrogens with one attached hydrogen (secondary N) is 3. The van der Waals surface area contributed by atoms with Crippen LogP contribution in [0.25, 0.3) is 11.0 Å². The Labute approximate surface area is 162 Å². The van der Waals surface area contributed by atoms with Crippen molar-refractivity contribution in [2.45, 2.75) is 18.9 Å². The van der Waals surface area contributed by atoms with Gasteiger partial charge in [-0.25, -0.2) is 0 Å². The molecule has 8 nitrogen and oxygen atoms in total. The van der Waals surface area contributed by atoms with Gasteiger partial charge in [-0.2, -0.15) is 23.5 Å². The molecular formula is C18H20N8S. The highest BCUT2D eigenvalue weighted by atomic mass is 32.1. The summed E-state index contributed by atoms with van der Waals surface area (Å²) >= 11 is 0. The second-order valence-corrected chi connectivity index (χ2v) is 6.47. The van der Waals surface area contributed by atoms with Gasteiger partial charge in [-0.3, -0.25) is 4.68 Å². The predicted octanol–water partition coefficient (Wildman–Crippen LogP) is 3.04. The van der Waals surface area contributed by atoms with Gasteiger partial charge < -0.3 is 15.6 Å². The topological polar surface area (TPSA) is 96.3 Å². The minimum atomic E-state index is 0. The number of nitrogens with zero attached hydrogens (tertiary/aromatic N) is 5. The molecule has 3 heterocycles. The molecule has 0 fully saturated rings. The third kappa shape index (κ3) is 3.21. The summed E-state index contributed by atoms with van der Waals surface area (Å²) in [5.74, 6) is 1.90. The summed E-state index contributed by atoms with van der Waals surface area (Å²) in [5.41, 5.74) is 3.53. The van der Waals surface area contributed by atoms with Gasteiger partial charge in [0.25, 0.3) is 0 Å². The van der Waals surface area contributed by atoms with Crippen molar-refractivity contribution in [1.29, 1.82) is 0 Å². The van der Waals surface area contributed by atoms with Crippen molar-refractivity contribution in [3.05, 3.63) is 53.9 Å². The van der Waals surface area contributed by atoms with E-state index in [2.05, 4.69) is 60.2 Å². The van der Waals surface area contributed by atoms with Crippen LogP contribution in [-0.2, 0) is 13.5 Å². The molecule has 4 aromatic rings. The molecule has 5 rings (SSSR count). The van der Waals surface area contributed by atoms with Crippen LogP contribution in [0.15, 0.2) is 42.7 Å². The maximum atomic E-state index is 4.68. The molecular weight excluding hydrogens is 360 g/mol. The van der Waals surface area contributed by atoms with Crippen molar-refractivity contribution in [3.8, 4) is 0 Å². The summed E-state index contributed by atoms with van der Waals surface area (Å²) in [4.78, 5) is 12.4. The van der Waals surface area contributed by atoms with Crippen LogP contribution in [0.4, 0.5) is 17.6 Å². The third-order valence-corrected chi connectivity index (χ3v) is 4.70. The highest BCUT2D eigenvalue weighted by Gasteiger charge is 2.23. The zero-order chi connectivity index (χ0) is 17.5. The van der Waals surface area contributed by atoms with Crippen LogP contribution >= 0.6 is 13.5 Å². The Hall–Kier alpha value is -3.07. The predicted molar refractivity (Wildman–Crippen MR) is 110 cm³/mol. The molecule has 0 saturated heterocycles. The van der Waals surface area contributed by atoms with E-state index in [1.807, 2.05) is 19.3 Å². The first-order valence-electron chi connectivity index (χ1n) is 8.59. The zero-order valence-corrected chi connectivity index (χ0v) is 15.8. The van der Waals surface area contributed by atoms with Crippen LogP contribution in [0.5, 0.6) is 0 Å². The summed E-state index contributed by atoms with van der Waals surface area (Å²) in [6, 6.07) is 10.8. The molecule has 9 heteroatoms. The first kappa shape index (κ1) is 17.3. The van der Waals surface area contributed by atoms with Gasteiger partial charge in [-0.05, 0) is 30.0 Å². The molecule has 138 valence electrons. The minimum absolute atomic E-state index is 0. The molecule has 1 aliphatic carbocycles. The van der Waals surface area contributed by atoms with Crippen molar-refractivity contribution < 1.29 is 0 Å². The van der Waals surface area contributed by atoms with E-state index in [-0.39, 0.29) is 19.5 Å². The molecule has 0 unspecified atom stereocenters. The summed E-state index contributed by atoms with van der Waals surface area (Å²) in [7, 11) is 1.82. The lowest BCUT2D eigenvalue weighted by Crippen LogP contribution is -2.10. The Balaban J connectivity index is 0.00000180. The lowest BCUT2D eigenvalue weighted by Gasteiger charge is -2.16. The van der Waals surface area contributed by atoms with Crippen LogP contribution in [0.1, 0.15) is 23.6 Å². The summed E-state index contributed by atoms with van der Waals surface area (Å²) < 4.78 is 1.63. The highest BCUT2D eigenvalue weighted by Crippen LogP contribution is 2.35. The van der Waals surface area contributed by atoms with Gasteiger partial charge in [-0.1, -0.05) is 29.5 Å². The monoisotopic (exact) mass is 380 g/mol. The van der Waals surface area contributed by atoms with E-state index in [4.69, 9.17) is 0 Å². The van der Waals surface area contributed by atoms with Crippen molar-refractivity contribution in [2.24, 2.45) is 7.05 Å². The average Bonchev–Trinajstić information content (AvgIpc) is 3.36. The van der Waals surface area contributed by atoms with E-state index in [9.17, 15) is 0 Å². The molecule has 0 spiro atoms. The van der Waals surface area contributed by atoms with Gasteiger partial charge in [0.2, 0.25) is 5.95 Å². The number of aryl methyl sites for hydroxylation is 2. The van der Waals surface area contributed by atoms with Gasteiger partial charge in [0.15, 0.2) is 5.82 Å². The molecule has 3 aromatic heterocycles. The smallest absolute Gasteiger partial charge is 0.232 e. The lowest BCUT2D eigenvalue weighted by molar-refractivity contribution is 0.715.